The minimum Gasteiger partial charge on any atom is -0.393 e. The lowest BCUT2D eigenvalue weighted by molar-refractivity contribution is 0.501. The smallest absolute Gasteiger partial charge is 0.240 e. The highest BCUT2D eigenvalue weighted by atomic mass is 32.2. The first kappa shape index (κ1) is 14.1. The zero-order valence-electron chi connectivity index (χ0n) is 9.80. The molecule has 0 saturated carbocycles. The van der Waals surface area contributed by atoms with Gasteiger partial charge in [0, 0.05) is 12.0 Å². The van der Waals surface area contributed by atoms with Gasteiger partial charge in [0.1, 0.15) is 0 Å². The monoisotopic (exact) mass is 272 g/mol. The number of nitrogens with one attached hydrogen (secondary N) is 1. The summed E-state index contributed by atoms with van der Waals surface area (Å²) < 4.78 is 26.3. The molecule has 0 fully saturated rings. The second kappa shape index (κ2) is 5.12. The van der Waals surface area contributed by atoms with Crippen LogP contribution in [0.2, 0.25) is 0 Å². The van der Waals surface area contributed by atoms with Gasteiger partial charge in [-0.2, -0.15) is 0 Å². The first-order valence-corrected chi connectivity index (χ1v) is 6.99. The molecule has 0 unspecified atom stereocenters. The summed E-state index contributed by atoms with van der Waals surface area (Å²) in [6.07, 6.45) is 0. The van der Waals surface area contributed by atoms with Crippen LogP contribution in [0.5, 0.6) is 0 Å². The minimum atomic E-state index is -3.49. The van der Waals surface area contributed by atoms with Crippen molar-refractivity contribution in [3.05, 3.63) is 30.3 Å². The summed E-state index contributed by atoms with van der Waals surface area (Å²) in [5.41, 5.74) is 4.99. The fourth-order valence-corrected chi connectivity index (χ4v) is 2.35. The van der Waals surface area contributed by atoms with Crippen LogP contribution >= 0.6 is 12.2 Å². The normalized spacial score (nSPS) is 12.4. The van der Waals surface area contributed by atoms with Crippen LogP contribution in [0.4, 0.5) is 0 Å². The highest BCUT2D eigenvalue weighted by molar-refractivity contribution is 7.89. The molecule has 0 atom stereocenters. The minimum absolute atomic E-state index is 0.180. The third kappa shape index (κ3) is 3.76. The molecule has 0 amide bonds. The van der Waals surface area contributed by atoms with Gasteiger partial charge >= 0.3 is 0 Å². The molecule has 0 heterocycles. The molecular weight excluding hydrogens is 256 g/mol. The van der Waals surface area contributed by atoms with Crippen molar-refractivity contribution in [3.8, 4) is 0 Å². The number of benzene rings is 1. The van der Waals surface area contributed by atoms with E-state index in [1.807, 2.05) is 0 Å². The first-order chi connectivity index (χ1) is 7.76. The Hall–Kier alpha value is -0.980. The van der Waals surface area contributed by atoms with Crippen molar-refractivity contribution < 1.29 is 8.42 Å². The lowest BCUT2D eigenvalue weighted by atomic mass is 9.94. The highest BCUT2D eigenvalue weighted by Crippen LogP contribution is 2.15. The molecule has 3 N–H and O–H groups in total. The molecule has 0 bridgehead atoms. The van der Waals surface area contributed by atoms with Gasteiger partial charge in [-0.05, 0) is 12.1 Å². The molecule has 0 aliphatic carbocycles. The SMILES string of the molecule is CC(C)(CNS(=O)(=O)c1ccccc1)C(N)=S. The second-order valence-corrected chi connectivity index (χ2v) is 6.59. The van der Waals surface area contributed by atoms with Gasteiger partial charge in [0.05, 0.1) is 9.88 Å². The molecule has 1 aromatic carbocycles. The van der Waals surface area contributed by atoms with Crippen molar-refractivity contribution in [3.63, 3.8) is 0 Å². The molecule has 6 heteroatoms. The summed E-state index contributed by atoms with van der Waals surface area (Å²) in [5, 5.41) is 0. The summed E-state index contributed by atoms with van der Waals surface area (Å²) >= 11 is 4.88. The Morgan fingerprint density at radius 1 is 1.35 bits per heavy atom. The van der Waals surface area contributed by atoms with E-state index in [0.29, 0.717) is 0 Å². The van der Waals surface area contributed by atoms with Crippen molar-refractivity contribution in [2.45, 2.75) is 18.7 Å². The van der Waals surface area contributed by atoms with Crippen LogP contribution in [0.1, 0.15) is 13.8 Å². The molecular formula is C11H16N2O2S2. The fraction of sp³-hybridized carbons (Fsp3) is 0.364. The Morgan fingerprint density at radius 2 is 1.88 bits per heavy atom. The largest absolute Gasteiger partial charge is 0.393 e. The van der Waals surface area contributed by atoms with E-state index in [-0.39, 0.29) is 16.4 Å². The Labute approximate surface area is 107 Å². The van der Waals surface area contributed by atoms with Gasteiger partial charge in [-0.15, -0.1) is 0 Å². The second-order valence-electron chi connectivity index (χ2n) is 4.39. The Kier molecular flexibility index (Phi) is 4.24. The zero-order chi connectivity index (χ0) is 13.1. The zero-order valence-corrected chi connectivity index (χ0v) is 11.4. The molecule has 1 rings (SSSR count). The molecule has 1 aromatic rings. The lowest BCUT2D eigenvalue weighted by Crippen LogP contribution is -2.41. The summed E-state index contributed by atoms with van der Waals surface area (Å²) in [7, 11) is -3.49. The van der Waals surface area contributed by atoms with Gasteiger partial charge in [0.25, 0.3) is 0 Å². The van der Waals surface area contributed by atoms with E-state index in [1.165, 1.54) is 12.1 Å². The van der Waals surface area contributed by atoms with Gasteiger partial charge in [0.15, 0.2) is 0 Å². The topological polar surface area (TPSA) is 72.2 Å². The fourth-order valence-electron chi connectivity index (χ4n) is 1.05. The number of hydrogen-bond acceptors (Lipinski definition) is 3. The van der Waals surface area contributed by atoms with Crippen LogP contribution in [0.25, 0.3) is 0 Å². The van der Waals surface area contributed by atoms with Crippen LogP contribution < -0.4 is 10.5 Å². The third-order valence-electron chi connectivity index (χ3n) is 2.42. The Morgan fingerprint density at radius 3 is 2.35 bits per heavy atom. The average Bonchev–Trinajstić information content (AvgIpc) is 2.28. The van der Waals surface area contributed by atoms with Crippen LogP contribution in [-0.2, 0) is 10.0 Å². The number of sulfonamides is 1. The van der Waals surface area contributed by atoms with Gasteiger partial charge in [-0.3, -0.25) is 0 Å². The third-order valence-corrected chi connectivity index (χ3v) is 4.39. The van der Waals surface area contributed by atoms with E-state index in [1.54, 1.807) is 32.0 Å². The molecule has 0 aliphatic rings. The number of hydrogen-bond donors (Lipinski definition) is 2. The van der Waals surface area contributed by atoms with Gasteiger partial charge in [-0.25, -0.2) is 13.1 Å². The average molecular weight is 272 g/mol. The van der Waals surface area contributed by atoms with E-state index in [0.717, 1.165) is 0 Å². The summed E-state index contributed by atoms with van der Waals surface area (Å²) in [5.74, 6) is 0. The molecule has 0 spiro atoms. The molecule has 94 valence electrons. The quantitative estimate of drug-likeness (QED) is 0.792. The van der Waals surface area contributed by atoms with Crippen LogP contribution in [0, 0.1) is 5.41 Å². The maximum absolute atomic E-state index is 11.9. The maximum atomic E-state index is 11.9. The van der Waals surface area contributed by atoms with Crippen molar-refractivity contribution in [1.29, 1.82) is 0 Å². The van der Waals surface area contributed by atoms with E-state index in [9.17, 15) is 8.42 Å². The van der Waals surface area contributed by atoms with Gasteiger partial charge < -0.3 is 5.73 Å². The van der Waals surface area contributed by atoms with Crippen molar-refractivity contribution in [2.75, 3.05) is 6.54 Å². The summed E-state index contributed by atoms with van der Waals surface area (Å²) in [6.45, 7) is 3.77. The van der Waals surface area contributed by atoms with Crippen LogP contribution in [0.15, 0.2) is 35.2 Å². The standard InChI is InChI=1S/C11H16N2O2S2/c1-11(2,10(12)16)8-13-17(14,15)9-6-4-3-5-7-9/h3-7,13H,8H2,1-2H3,(H2,12,16). The Bertz CT molecular complexity index is 495. The van der Waals surface area contributed by atoms with E-state index < -0.39 is 15.4 Å². The Balaban J connectivity index is 2.80. The number of nitrogens with two attached hydrogens (primary N) is 1. The van der Waals surface area contributed by atoms with E-state index in [2.05, 4.69) is 4.72 Å². The first-order valence-electron chi connectivity index (χ1n) is 5.10. The molecule has 0 radical (unpaired) electrons. The predicted molar refractivity (Wildman–Crippen MR) is 72.2 cm³/mol. The molecule has 4 nitrogen and oxygen atoms in total. The van der Waals surface area contributed by atoms with Crippen molar-refractivity contribution in [1.82, 2.24) is 4.72 Å². The molecule has 0 saturated heterocycles. The molecule has 17 heavy (non-hydrogen) atoms. The lowest BCUT2D eigenvalue weighted by Gasteiger charge is -2.23. The summed E-state index contributed by atoms with van der Waals surface area (Å²) in [4.78, 5) is 0.520. The van der Waals surface area contributed by atoms with Gasteiger partial charge in [0.2, 0.25) is 10.0 Å². The van der Waals surface area contributed by atoms with E-state index in [4.69, 9.17) is 18.0 Å². The van der Waals surface area contributed by atoms with E-state index >= 15 is 0 Å². The number of thiocarbonyl (C=S) groups is 1. The number of rotatable bonds is 5. The molecule has 0 aliphatic heterocycles. The van der Waals surface area contributed by atoms with Gasteiger partial charge in [-0.1, -0.05) is 44.3 Å². The van der Waals surface area contributed by atoms with Crippen LogP contribution in [-0.4, -0.2) is 20.0 Å². The maximum Gasteiger partial charge on any atom is 0.240 e. The predicted octanol–water partition coefficient (Wildman–Crippen LogP) is 1.28. The van der Waals surface area contributed by atoms with Crippen molar-refractivity contribution >= 4 is 27.2 Å². The summed E-state index contributed by atoms with van der Waals surface area (Å²) in [6, 6.07) is 8.19. The molecule has 0 aromatic heterocycles. The van der Waals surface area contributed by atoms with Crippen LogP contribution in [0.3, 0.4) is 0 Å². The van der Waals surface area contributed by atoms with Crippen molar-refractivity contribution in [2.24, 2.45) is 11.1 Å². The highest BCUT2D eigenvalue weighted by Gasteiger charge is 2.24.